The largest absolute Gasteiger partial charge is 0.438 e. The van der Waals surface area contributed by atoms with Gasteiger partial charge in [0.25, 0.3) is 0 Å². The van der Waals surface area contributed by atoms with Crippen LogP contribution in [-0.4, -0.2) is 29.7 Å². The topological polar surface area (TPSA) is 12.2 Å². The molecule has 1 unspecified atom stereocenters. The molecule has 62 valence electrons. The maximum Gasteiger partial charge on any atom is 0.336 e. The van der Waals surface area contributed by atoms with Crippen LogP contribution in [0, 0.1) is 0 Å². The average molecular weight is 154 g/mol. The van der Waals surface area contributed by atoms with Crippen LogP contribution in [0.15, 0.2) is 12.7 Å². The molecule has 1 rings (SSSR count). The smallest absolute Gasteiger partial charge is 0.336 e. The zero-order valence-electron chi connectivity index (χ0n) is 7.34. The Morgan fingerprint density at radius 2 is 2.55 bits per heavy atom. The van der Waals surface area contributed by atoms with Gasteiger partial charge in [0.15, 0.2) is 19.2 Å². The van der Waals surface area contributed by atoms with Gasteiger partial charge in [-0.05, 0) is 13.0 Å². The summed E-state index contributed by atoms with van der Waals surface area (Å²) in [5.41, 5.74) is 0. The molecular weight excluding hydrogens is 138 g/mol. The second-order valence-corrected chi connectivity index (χ2v) is 2.87. The van der Waals surface area contributed by atoms with E-state index >= 15 is 0 Å². The van der Waals surface area contributed by atoms with Crippen LogP contribution < -0.4 is 0 Å². The van der Waals surface area contributed by atoms with Crippen LogP contribution in [0.1, 0.15) is 20.3 Å². The third kappa shape index (κ3) is 1.82. The van der Waals surface area contributed by atoms with E-state index in [0.717, 1.165) is 25.4 Å². The second kappa shape index (κ2) is 3.56. The summed E-state index contributed by atoms with van der Waals surface area (Å²) in [6, 6.07) is 0. The monoisotopic (exact) mass is 154 g/mol. The highest BCUT2D eigenvalue weighted by Crippen LogP contribution is 2.05. The number of hydrogen-bond donors (Lipinski definition) is 0. The Hall–Kier alpha value is -0.790. The van der Waals surface area contributed by atoms with Gasteiger partial charge in [-0.15, -0.1) is 0 Å². The summed E-state index contributed by atoms with van der Waals surface area (Å²) < 4.78 is 7.80. The molecule has 0 aliphatic carbocycles. The third-order valence-corrected chi connectivity index (χ3v) is 1.82. The van der Waals surface area contributed by atoms with Gasteiger partial charge in [-0.2, -0.15) is 4.58 Å². The van der Waals surface area contributed by atoms with Gasteiger partial charge < -0.3 is 4.74 Å². The van der Waals surface area contributed by atoms with Crippen LogP contribution in [0.2, 0.25) is 0 Å². The summed E-state index contributed by atoms with van der Waals surface area (Å²) >= 11 is 0. The molecule has 0 radical (unpaired) electrons. The van der Waals surface area contributed by atoms with Crippen molar-refractivity contribution in [3.8, 4) is 0 Å². The van der Waals surface area contributed by atoms with Crippen molar-refractivity contribution < 1.29 is 9.31 Å². The van der Waals surface area contributed by atoms with E-state index in [-0.39, 0.29) is 0 Å². The number of nitrogens with zero attached hydrogens (tertiary/aromatic N) is 1. The van der Waals surface area contributed by atoms with Crippen molar-refractivity contribution in [2.24, 2.45) is 0 Å². The van der Waals surface area contributed by atoms with Gasteiger partial charge in [-0.1, -0.05) is 13.5 Å². The predicted octanol–water partition coefficient (Wildman–Crippen LogP) is 1.41. The maximum absolute atomic E-state index is 5.57. The van der Waals surface area contributed by atoms with Crippen LogP contribution >= 0.6 is 0 Å². The molecule has 0 saturated carbocycles. The van der Waals surface area contributed by atoms with E-state index in [1.54, 1.807) is 0 Å². The highest BCUT2D eigenvalue weighted by molar-refractivity contribution is 5.71. The summed E-state index contributed by atoms with van der Waals surface area (Å²) in [5, 5.41) is 0. The molecule has 0 aromatic rings. The zero-order valence-corrected chi connectivity index (χ0v) is 7.34. The molecule has 0 saturated heterocycles. The first-order valence-corrected chi connectivity index (χ1v) is 4.16. The molecule has 0 aromatic carbocycles. The first kappa shape index (κ1) is 8.31. The minimum absolute atomic E-state index is 0.352. The lowest BCUT2D eigenvalue weighted by Crippen LogP contribution is -2.16. The molecule has 0 aromatic heterocycles. The van der Waals surface area contributed by atoms with E-state index in [4.69, 9.17) is 4.74 Å². The number of hydrogen-bond acceptors (Lipinski definition) is 1. The van der Waals surface area contributed by atoms with Crippen LogP contribution in [0.5, 0.6) is 0 Å². The minimum atomic E-state index is 0.352. The Kier molecular flexibility index (Phi) is 2.69. The van der Waals surface area contributed by atoms with E-state index < -0.39 is 0 Å². The van der Waals surface area contributed by atoms with Gasteiger partial charge in [-0.25, -0.2) is 0 Å². The Morgan fingerprint density at radius 1 is 1.82 bits per heavy atom. The fourth-order valence-corrected chi connectivity index (χ4v) is 1.40. The summed E-state index contributed by atoms with van der Waals surface area (Å²) in [6.45, 7) is 9.84. The van der Waals surface area contributed by atoms with Gasteiger partial charge in [0.2, 0.25) is 0 Å². The molecule has 0 spiro atoms. The zero-order chi connectivity index (χ0) is 8.27. The van der Waals surface area contributed by atoms with E-state index in [0.29, 0.717) is 6.10 Å². The van der Waals surface area contributed by atoms with E-state index in [2.05, 4.69) is 25.0 Å². The van der Waals surface area contributed by atoms with E-state index in [1.807, 2.05) is 6.08 Å². The van der Waals surface area contributed by atoms with Crippen molar-refractivity contribution in [3.05, 3.63) is 12.7 Å². The molecule has 0 N–H and O–H groups in total. The molecule has 0 bridgehead atoms. The summed E-state index contributed by atoms with van der Waals surface area (Å²) in [6.07, 6.45) is 3.25. The lowest BCUT2D eigenvalue weighted by molar-refractivity contribution is -0.511. The maximum atomic E-state index is 5.57. The van der Waals surface area contributed by atoms with Gasteiger partial charge in [-0.3, -0.25) is 0 Å². The Labute approximate surface area is 68.2 Å². The molecule has 1 aliphatic heterocycles. The third-order valence-electron chi connectivity index (χ3n) is 1.82. The van der Waals surface area contributed by atoms with Gasteiger partial charge in [0.05, 0.1) is 6.42 Å². The quantitative estimate of drug-likeness (QED) is 0.442. The van der Waals surface area contributed by atoms with Crippen molar-refractivity contribution in [2.45, 2.75) is 26.4 Å². The fourth-order valence-electron chi connectivity index (χ4n) is 1.40. The van der Waals surface area contributed by atoms with Crippen LogP contribution in [-0.2, 0) is 4.74 Å². The highest BCUT2D eigenvalue weighted by atomic mass is 16.5. The normalized spacial score (nSPS) is 23.6. The van der Waals surface area contributed by atoms with Crippen molar-refractivity contribution in [1.82, 2.24) is 0 Å². The second-order valence-electron chi connectivity index (χ2n) is 2.87. The molecule has 11 heavy (non-hydrogen) atoms. The Morgan fingerprint density at radius 3 is 3.09 bits per heavy atom. The van der Waals surface area contributed by atoms with Gasteiger partial charge in [0, 0.05) is 0 Å². The summed E-state index contributed by atoms with van der Waals surface area (Å²) in [5.74, 6) is 1.11. The van der Waals surface area contributed by atoms with E-state index in [9.17, 15) is 0 Å². The number of rotatable bonds is 3. The lowest BCUT2D eigenvalue weighted by atomic mass is 10.4. The minimum Gasteiger partial charge on any atom is -0.438 e. The molecule has 2 heteroatoms. The SMILES string of the molecule is C=CC[N+]1=C(CC)OC(C)C1. The molecule has 0 amide bonds. The van der Waals surface area contributed by atoms with Crippen molar-refractivity contribution in [2.75, 3.05) is 13.1 Å². The van der Waals surface area contributed by atoms with Crippen molar-refractivity contribution in [1.29, 1.82) is 0 Å². The Balaban J connectivity index is 2.62. The van der Waals surface area contributed by atoms with Crippen LogP contribution in [0.4, 0.5) is 0 Å². The molecule has 1 atom stereocenters. The van der Waals surface area contributed by atoms with E-state index in [1.165, 1.54) is 0 Å². The first-order chi connectivity index (χ1) is 5.27. The first-order valence-electron chi connectivity index (χ1n) is 4.16. The number of ether oxygens (including phenoxy) is 1. The standard InChI is InChI=1S/C9H16NO/c1-4-6-10-7-8(3)11-9(10)5-2/h4,8H,1,5-7H2,2-3H3/q+1. The fraction of sp³-hybridized carbons (Fsp3) is 0.667. The van der Waals surface area contributed by atoms with Crippen LogP contribution in [0.3, 0.4) is 0 Å². The average Bonchev–Trinajstić information content (AvgIpc) is 2.32. The van der Waals surface area contributed by atoms with Crippen molar-refractivity contribution in [3.63, 3.8) is 0 Å². The molecule has 1 heterocycles. The van der Waals surface area contributed by atoms with Crippen molar-refractivity contribution >= 4 is 5.90 Å². The molecular formula is C9H16NO+. The molecule has 0 fully saturated rings. The Bertz CT molecular complexity index is 184. The van der Waals surface area contributed by atoms with Gasteiger partial charge in [0.1, 0.15) is 0 Å². The molecule has 1 aliphatic rings. The summed E-state index contributed by atoms with van der Waals surface area (Å²) in [7, 11) is 0. The van der Waals surface area contributed by atoms with Crippen LogP contribution in [0.25, 0.3) is 0 Å². The van der Waals surface area contributed by atoms with Gasteiger partial charge >= 0.3 is 5.90 Å². The predicted molar refractivity (Wildman–Crippen MR) is 46.0 cm³/mol. The lowest BCUT2D eigenvalue weighted by Gasteiger charge is -1.95. The highest BCUT2D eigenvalue weighted by Gasteiger charge is 2.26. The molecule has 2 nitrogen and oxygen atoms in total. The summed E-state index contributed by atoms with van der Waals surface area (Å²) in [4.78, 5) is 0.